The molecule has 3 atom stereocenters. The molecule has 90 valence electrons. The van der Waals surface area contributed by atoms with E-state index in [4.69, 9.17) is 0 Å². The van der Waals surface area contributed by atoms with Crippen molar-refractivity contribution in [2.75, 3.05) is 18.8 Å². The Labute approximate surface area is 108 Å². The predicted octanol–water partition coefficient (Wildman–Crippen LogP) is 3.36. The molecule has 0 radical (unpaired) electrons. The van der Waals surface area contributed by atoms with E-state index in [2.05, 4.69) is 40.9 Å². The van der Waals surface area contributed by atoms with Gasteiger partial charge < -0.3 is 0 Å². The summed E-state index contributed by atoms with van der Waals surface area (Å²) in [5.74, 6) is 3.12. The normalized spacial score (nSPS) is 35.4. The van der Waals surface area contributed by atoms with E-state index in [0.29, 0.717) is 0 Å². The highest BCUT2D eigenvalue weighted by Crippen LogP contribution is 2.43. The molecule has 2 bridgehead atoms. The summed E-state index contributed by atoms with van der Waals surface area (Å²) in [4.78, 5) is 4.31. The summed E-state index contributed by atoms with van der Waals surface area (Å²) in [5.41, 5.74) is 1.61. The maximum absolute atomic E-state index is 2.78. The minimum absolute atomic E-state index is 0.788. The number of likely N-dealkylation sites (tertiary alicyclic amines) is 1. The Balaban J connectivity index is 1.51. The third-order valence-electron chi connectivity index (χ3n) is 4.78. The Morgan fingerprint density at radius 2 is 2.18 bits per heavy atom. The van der Waals surface area contributed by atoms with Gasteiger partial charge in [0, 0.05) is 35.7 Å². The van der Waals surface area contributed by atoms with E-state index in [0.717, 1.165) is 17.9 Å². The van der Waals surface area contributed by atoms with Crippen LogP contribution in [-0.2, 0) is 0 Å². The van der Waals surface area contributed by atoms with E-state index < -0.39 is 0 Å². The molecule has 1 nitrogen and oxygen atoms in total. The number of thioether (sulfide) groups is 1. The Morgan fingerprint density at radius 1 is 1.24 bits per heavy atom. The van der Waals surface area contributed by atoms with E-state index in [9.17, 15) is 0 Å². The van der Waals surface area contributed by atoms with Crippen molar-refractivity contribution in [1.82, 2.24) is 4.90 Å². The molecule has 0 spiro atoms. The molecule has 4 rings (SSSR count). The first kappa shape index (κ1) is 10.5. The lowest BCUT2D eigenvalue weighted by Crippen LogP contribution is -2.35. The fourth-order valence-electron chi connectivity index (χ4n) is 3.91. The number of hydrogen-bond donors (Lipinski definition) is 0. The molecule has 1 aromatic carbocycles. The highest BCUT2D eigenvalue weighted by Gasteiger charge is 2.39. The van der Waals surface area contributed by atoms with Crippen molar-refractivity contribution < 1.29 is 0 Å². The topological polar surface area (TPSA) is 3.24 Å². The Morgan fingerprint density at radius 3 is 3.00 bits per heavy atom. The highest BCUT2D eigenvalue weighted by molar-refractivity contribution is 7.99. The fraction of sp³-hybridized carbons (Fsp3) is 0.600. The fourth-order valence-corrected chi connectivity index (χ4v) is 5.16. The molecule has 17 heavy (non-hydrogen) atoms. The molecule has 2 heteroatoms. The summed E-state index contributed by atoms with van der Waals surface area (Å²) in [6, 6.07) is 9.93. The van der Waals surface area contributed by atoms with Crippen molar-refractivity contribution in [2.24, 2.45) is 5.92 Å². The number of rotatable bonds is 2. The van der Waals surface area contributed by atoms with Gasteiger partial charge in [-0.25, -0.2) is 0 Å². The summed E-state index contributed by atoms with van der Waals surface area (Å²) < 4.78 is 0. The molecule has 2 aliphatic heterocycles. The monoisotopic (exact) mass is 245 g/mol. The van der Waals surface area contributed by atoms with E-state index >= 15 is 0 Å². The summed E-state index contributed by atoms with van der Waals surface area (Å²) in [6.07, 6.45) is 4.45. The van der Waals surface area contributed by atoms with Gasteiger partial charge in [-0.05, 0) is 36.8 Å². The second kappa shape index (κ2) is 4.03. The summed E-state index contributed by atoms with van der Waals surface area (Å²) in [5, 5.41) is 0. The Kier molecular flexibility index (Phi) is 2.48. The number of piperidine rings is 1. The van der Waals surface area contributed by atoms with E-state index in [1.165, 1.54) is 43.0 Å². The van der Waals surface area contributed by atoms with Crippen LogP contribution in [0.5, 0.6) is 0 Å². The molecule has 0 N–H and O–H groups in total. The van der Waals surface area contributed by atoms with Crippen molar-refractivity contribution in [3.05, 3.63) is 29.8 Å². The molecule has 1 saturated heterocycles. The van der Waals surface area contributed by atoms with E-state index in [1.807, 2.05) is 0 Å². The van der Waals surface area contributed by atoms with E-state index in [-0.39, 0.29) is 0 Å². The second-order valence-corrected chi connectivity index (χ2v) is 6.89. The first-order valence-corrected chi connectivity index (χ1v) is 7.84. The second-order valence-electron chi connectivity index (χ2n) is 5.83. The smallest absolute Gasteiger partial charge is 0.0108 e. The van der Waals surface area contributed by atoms with E-state index in [1.54, 1.807) is 5.56 Å². The van der Waals surface area contributed by atoms with Crippen LogP contribution in [0.1, 0.15) is 30.7 Å². The molecule has 3 unspecified atom stereocenters. The molecule has 2 heterocycles. The number of fused-ring (bicyclic) bond motifs is 3. The van der Waals surface area contributed by atoms with Gasteiger partial charge in [-0.2, -0.15) is 0 Å². The van der Waals surface area contributed by atoms with Crippen molar-refractivity contribution in [3.8, 4) is 0 Å². The van der Waals surface area contributed by atoms with Gasteiger partial charge in [-0.15, -0.1) is 11.8 Å². The van der Waals surface area contributed by atoms with Gasteiger partial charge in [0.2, 0.25) is 0 Å². The van der Waals surface area contributed by atoms with Crippen LogP contribution >= 0.6 is 11.8 Å². The third-order valence-corrected chi connectivity index (χ3v) is 6.03. The van der Waals surface area contributed by atoms with Gasteiger partial charge in [0.1, 0.15) is 0 Å². The molecule has 1 saturated carbocycles. The van der Waals surface area contributed by atoms with Gasteiger partial charge in [0.15, 0.2) is 0 Å². The first-order valence-electron chi connectivity index (χ1n) is 6.86. The molecular formula is C15H19NS. The Hall–Kier alpha value is -0.470. The average Bonchev–Trinajstić information content (AvgIpc) is 3.05. The van der Waals surface area contributed by atoms with Gasteiger partial charge in [0.25, 0.3) is 0 Å². The maximum Gasteiger partial charge on any atom is 0.0108 e. The molecule has 0 aromatic heterocycles. The zero-order valence-corrected chi connectivity index (χ0v) is 11.0. The molecular weight excluding hydrogens is 226 g/mol. The van der Waals surface area contributed by atoms with Crippen LogP contribution in [0.3, 0.4) is 0 Å². The zero-order chi connectivity index (χ0) is 11.2. The SMILES string of the molecule is c1ccc2c(c1)SCC2CN1CC2CCC1C2. The standard InChI is InChI=1S/C15H19NS/c1-2-4-15-14(3-1)12(10-17-15)9-16-8-11-5-6-13(16)7-11/h1-4,11-13H,5-10H2. The maximum atomic E-state index is 2.78. The molecule has 2 fully saturated rings. The first-order chi connectivity index (χ1) is 8.40. The van der Waals surface area contributed by atoms with Crippen molar-refractivity contribution >= 4 is 11.8 Å². The largest absolute Gasteiger partial charge is 0.299 e. The molecule has 1 aromatic rings. The van der Waals surface area contributed by atoms with Gasteiger partial charge in [0.05, 0.1) is 0 Å². The van der Waals surface area contributed by atoms with Crippen LogP contribution in [0.2, 0.25) is 0 Å². The minimum Gasteiger partial charge on any atom is -0.299 e. The summed E-state index contributed by atoms with van der Waals surface area (Å²) in [6.45, 7) is 2.69. The van der Waals surface area contributed by atoms with Gasteiger partial charge in [-0.3, -0.25) is 4.90 Å². The lowest BCUT2D eigenvalue weighted by molar-refractivity contribution is 0.205. The van der Waals surface area contributed by atoms with Crippen LogP contribution in [0.4, 0.5) is 0 Å². The minimum atomic E-state index is 0.788. The molecule has 3 aliphatic rings. The lowest BCUT2D eigenvalue weighted by Gasteiger charge is -2.29. The highest BCUT2D eigenvalue weighted by atomic mass is 32.2. The predicted molar refractivity (Wildman–Crippen MR) is 72.6 cm³/mol. The van der Waals surface area contributed by atoms with Crippen molar-refractivity contribution in [3.63, 3.8) is 0 Å². The van der Waals surface area contributed by atoms with Crippen LogP contribution in [0, 0.1) is 5.92 Å². The van der Waals surface area contributed by atoms with Crippen LogP contribution in [-0.4, -0.2) is 29.8 Å². The zero-order valence-electron chi connectivity index (χ0n) is 10.1. The van der Waals surface area contributed by atoms with Crippen LogP contribution in [0.15, 0.2) is 29.2 Å². The quantitative estimate of drug-likeness (QED) is 0.786. The summed E-state index contributed by atoms with van der Waals surface area (Å²) in [7, 11) is 0. The number of benzene rings is 1. The lowest BCUT2D eigenvalue weighted by atomic mass is 9.99. The Bertz CT molecular complexity index is 431. The van der Waals surface area contributed by atoms with Gasteiger partial charge >= 0.3 is 0 Å². The number of hydrogen-bond acceptors (Lipinski definition) is 2. The average molecular weight is 245 g/mol. The summed E-state index contributed by atoms with van der Waals surface area (Å²) >= 11 is 2.05. The molecule has 0 amide bonds. The van der Waals surface area contributed by atoms with Gasteiger partial charge in [-0.1, -0.05) is 18.2 Å². The van der Waals surface area contributed by atoms with Crippen LogP contribution in [0.25, 0.3) is 0 Å². The van der Waals surface area contributed by atoms with Crippen LogP contribution < -0.4 is 0 Å². The molecule has 1 aliphatic carbocycles. The number of nitrogens with zero attached hydrogens (tertiary/aromatic N) is 1. The third kappa shape index (κ3) is 1.73. The van der Waals surface area contributed by atoms with Crippen molar-refractivity contribution in [2.45, 2.75) is 36.1 Å². The van der Waals surface area contributed by atoms with Crippen molar-refractivity contribution in [1.29, 1.82) is 0 Å².